The summed E-state index contributed by atoms with van der Waals surface area (Å²) in [5.74, 6) is 1.39. The summed E-state index contributed by atoms with van der Waals surface area (Å²) in [4.78, 5) is 16.3. The van der Waals surface area contributed by atoms with Crippen LogP contribution in [0.5, 0.6) is 5.75 Å². The van der Waals surface area contributed by atoms with Crippen LogP contribution in [0.1, 0.15) is 56.1 Å². The van der Waals surface area contributed by atoms with E-state index in [1.165, 1.54) is 19.3 Å². The van der Waals surface area contributed by atoms with Crippen molar-refractivity contribution in [1.29, 1.82) is 0 Å². The zero-order chi connectivity index (χ0) is 24.3. The van der Waals surface area contributed by atoms with Gasteiger partial charge in [-0.25, -0.2) is 0 Å². The van der Waals surface area contributed by atoms with E-state index in [0.717, 1.165) is 61.6 Å². The predicted molar refractivity (Wildman–Crippen MR) is 136 cm³/mol. The molecule has 3 atom stereocenters. The predicted octanol–water partition coefficient (Wildman–Crippen LogP) is 4.89. The summed E-state index contributed by atoms with van der Waals surface area (Å²) in [7, 11) is 1.66. The average Bonchev–Trinajstić information content (AvgIpc) is 3.39. The molecule has 2 saturated carbocycles. The van der Waals surface area contributed by atoms with Crippen molar-refractivity contribution in [3.63, 3.8) is 0 Å². The van der Waals surface area contributed by atoms with Crippen molar-refractivity contribution in [3.8, 4) is 5.75 Å². The van der Waals surface area contributed by atoms with Gasteiger partial charge in [-0.05, 0) is 49.0 Å². The van der Waals surface area contributed by atoms with Gasteiger partial charge in [0.1, 0.15) is 5.75 Å². The number of nitrogens with one attached hydrogen (secondary N) is 1. The summed E-state index contributed by atoms with van der Waals surface area (Å²) in [5.41, 5.74) is 2.90. The minimum atomic E-state index is 0.00351. The molecule has 3 fully saturated rings. The number of hydrogen-bond acceptors (Lipinski definition) is 4. The zero-order valence-electron chi connectivity index (χ0n) is 21.2. The van der Waals surface area contributed by atoms with Gasteiger partial charge in [0.15, 0.2) is 0 Å². The molecule has 34 heavy (non-hydrogen) atoms. The summed E-state index contributed by atoms with van der Waals surface area (Å²) >= 11 is 6.49. The number of halogens is 1. The molecule has 2 aliphatic carbocycles. The van der Waals surface area contributed by atoms with Crippen molar-refractivity contribution in [2.24, 2.45) is 16.7 Å². The van der Waals surface area contributed by atoms with Crippen molar-refractivity contribution in [3.05, 3.63) is 28.4 Å². The fraction of sp³-hybridized carbons (Fsp3) is 0.667. The van der Waals surface area contributed by atoms with Crippen LogP contribution in [0.15, 0.2) is 12.1 Å². The Balaban J connectivity index is 1.52. The fourth-order valence-corrected chi connectivity index (χ4v) is 7.40. The van der Waals surface area contributed by atoms with Crippen molar-refractivity contribution in [2.75, 3.05) is 40.0 Å². The van der Waals surface area contributed by atoms with Gasteiger partial charge < -0.3 is 19.4 Å². The van der Waals surface area contributed by atoms with E-state index >= 15 is 0 Å². The molecule has 2 unspecified atom stereocenters. The lowest BCUT2D eigenvalue weighted by atomic mass is 9.68. The highest BCUT2D eigenvalue weighted by Crippen LogP contribution is 2.62. The molecular weight excluding hydrogens is 450 g/mol. The van der Waals surface area contributed by atoms with Gasteiger partial charge in [-0.2, -0.15) is 0 Å². The van der Waals surface area contributed by atoms with Crippen LogP contribution in [0.3, 0.4) is 0 Å². The zero-order valence-corrected chi connectivity index (χ0v) is 21.9. The van der Waals surface area contributed by atoms with Crippen LogP contribution >= 0.6 is 11.6 Å². The van der Waals surface area contributed by atoms with Crippen LogP contribution in [0.2, 0.25) is 5.02 Å². The molecule has 5 rings (SSSR count). The molecule has 2 aromatic rings. The summed E-state index contributed by atoms with van der Waals surface area (Å²) in [6.45, 7) is 14.1. The molecule has 1 saturated heterocycles. The van der Waals surface area contributed by atoms with Gasteiger partial charge in [-0.3, -0.25) is 9.69 Å². The molecule has 7 heteroatoms. The molecule has 0 radical (unpaired) electrons. The van der Waals surface area contributed by atoms with Crippen LogP contribution in [-0.2, 0) is 11.3 Å². The molecule has 3 aliphatic rings. The van der Waals surface area contributed by atoms with Gasteiger partial charge in [0.25, 0.3) is 5.91 Å². The van der Waals surface area contributed by atoms with Crippen molar-refractivity contribution >= 4 is 28.4 Å². The van der Waals surface area contributed by atoms with Crippen molar-refractivity contribution in [2.45, 2.75) is 59.5 Å². The number of nitrogens with zero attached hydrogens (tertiary/aromatic N) is 2. The van der Waals surface area contributed by atoms with Gasteiger partial charge in [-0.15, -0.1) is 0 Å². The standard InChI is InChI=1S/C27H38ClN3O3/c1-17-22(24(32)29-25-26(2,3)18-6-7-27(25,4)16-18)20-14-19(28)15-21(33-5)23(20)31(17)9-8-30-10-12-34-13-11-30/h14-15,18,25H,6-13,16H2,1-5H3,(H,29,32)/t18?,25-,27?/m0/s1. The normalized spacial score (nSPS) is 28.5. The highest BCUT2D eigenvalue weighted by atomic mass is 35.5. The first-order chi connectivity index (χ1) is 16.2. The first-order valence-electron chi connectivity index (χ1n) is 12.6. The summed E-state index contributed by atoms with van der Waals surface area (Å²) in [6.07, 6.45) is 3.65. The number of carbonyl (C=O) groups excluding carboxylic acids is 1. The molecule has 0 spiro atoms. The summed E-state index contributed by atoms with van der Waals surface area (Å²) in [6, 6.07) is 3.93. The minimum Gasteiger partial charge on any atom is -0.494 e. The Hall–Kier alpha value is -1.76. The van der Waals surface area contributed by atoms with Gasteiger partial charge in [0, 0.05) is 54.4 Å². The SMILES string of the molecule is COc1cc(Cl)cc2c(C(=O)N[C@@H]3C4(C)CCC(C4)C3(C)C)c(C)n(CCN3CCOCC3)c12. The number of methoxy groups -OCH3 is 1. The maximum Gasteiger partial charge on any atom is 0.253 e. The largest absolute Gasteiger partial charge is 0.494 e. The lowest BCUT2D eigenvalue weighted by Gasteiger charge is -2.43. The lowest BCUT2D eigenvalue weighted by molar-refractivity contribution is 0.0365. The average molecular weight is 488 g/mol. The molecule has 1 aromatic heterocycles. The van der Waals surface area contributed by atoms with Crippen LogP contribution in [-0.4, -0.2) is 61.4 Å². The van der Waals surface area contributed by atoms with E-state index in [-0.39, 0.29) is 22.8 Å². The van der Waals surface area contributed by atoms with Crippen LogP contribution in [0, 0.1) is 23.7 Å². The number of fused-ring (bicyclic) bond motifs is 3. The first kappa shape index (κ1) is 24.0. The van der Waals surface area contributed by atoms with Gasteiger partial charge in [0.2, 0.25) is 0 Å². The number of carbonyl (C=O) groups is 1. The van der Waals surface area contributed by atoms with Gasteiger partial charge >= 0.3 is 0 Å². The highest BCUT2D eigenvalue weighted by Gasteiger charge is 2.59. The number of benzene rings is 1. The van der Waals surface area contributed by atoms with E-state index in [1.54, 1.807) is 7.11 Å². The second kappa shape index (κ2) is 8.72. The number of amides is 1. The summed E-state index contributed by atoms with van der Waals surface area (Å²) < 4.78 is 13.5. The van der Waals surface area contributed by atoms with Crippen molar-refractivity contribution in [1.82, 2.24) is 14.8 Å². The van der Waals surface area contributed by atoms with E-state index < -0.39 is 0 Å². The minimum absolute atomic E-state index is 0.00351. The maximum atomic E-state index is 13.9. The topological polar surface area (TPSA) is 55.7 Å². The fourth-order valence-electron chi connectivity index (χ4n) is 7.19. The van der Waals surface area contributed by atoms with E-state index in [2.05, 4.69) is 42.5 Å². The molecule has 2 bridgehead atoms. The monoisotopic (exact) mass is 487 g/mol. The quantitative estimate of drug-likeness (QED) is 0.630. The van der Waals surface area contributed by atoms with E-state index in [4.69, 9.17) is 21.1 Å². The lowest BCUT2D eigenvalue weighted by Crippen LogP contribution is -2.52. The number of morpholine rings is 1. The third-order valence-electron chi connectivity index (χ3n) is 9.08. The van der Waals surface area contributed by atoms with E-state index in [1.807, 2.05) is 12.1 Å². The maximum absolute atomic E-state index is 13.9. The molecule has 2 heterocycles. The number of aromatic nitrogens is 1. The van der Waals surface area contributed by atoms with Crippen molar-refractivity contribution < 1.29 is 14.3 Å². The summed E-state index contributed by atoms with van der Waals surface area (Å²) in [5, 5.41) is 4.95. The molecule has 6 nitrogen and oxygen atoms in total. The molecular formula is C27H38ClN3O3. The Labute approximate surface area is 207 Å². The molecule has 1 amide bonds. The number of rotatable bonds is 6. The smallest absolute Gasteiger partial charge is 0.253 e. The molecule has 1 N–H and O–H groups in total. The Morgan fingerprint density at radius 1 is 1.24 bits per heavy atom. The second-order valence-electron chi connectivity index (χ2n) is 11.4. The Morgan fingerprint density at radius 2 is 1.97 bits per heavy atom. The first-order valence-corrected chi connectivity index (χ1v) is 13.0. The Kier molecular flexibility index (Phi) is 6.14. The third-order valence-corrected chi connectivity index (χ3v) is 9.30. The molecule has 1 aliphatic heterocycles. The number of ether oxygens (including phenoxy) is 2. The van der Waals surface area contributed by atoms with Crippen LogP contribution in [0.4, 0.5) is 0 Å². The Morgan fingerprint density at radius 3 is 2.62 bits per heavy atom. The molecule has 186 valence electrons. The third kappa shape index (κ3) is 3.82. The van der Waals surface area contributed by atoms with E-state index in [0.29, 0.717) is 16.7 Å². The highest BCUT2D eigenvalue weighted by molar-refractivity contribution is 6.32. The van der Waals surface area contributed by atoms with Crippen LogP contribution < -0.4 is 10.1 Å². The van der Waals surface area contributed by atoms with E-state index in [9.17, 15) is 4.79 Å². The Bertz CT molecular complexity index is 1100. The second-order valence-corrected chi connectivity index (χ2v) is 11.8. The number of hydrogen-bond donors (Lipinski definition) is 1. The van der Waals surface area contributed by atoms with Gasteiger partial charge in [-0.1, -0.05) is 32.4 Å². The molecule has 1 aromatic carbocycles. The van der Waals surface area contributed by atoms with Gasteiger partial charge in [0.05, 0.1) is 31.4 Å². The van der Waals surface area contributed by atoms with Crippen LogP contribution in [0.25, 0.3) is 10.9 Å².